The van der Waals surface area contributed by atoms with Crippen LogP contribution in [-0.2, 0) is 0 Å². The second-order valence-electron chi connectivity index (χ2n) is 5.19. The minimum atomic E-state index is -0.572. The van der Waals surface area contributed by atoms with E-state index in [0.717, 1.165) is 0 Å². The zero-order valence-electron chi connectivity index (χ0n) is 13.1. The van der Waals surface area contributed by atoms with Gasteiger partial charge in [0.25, 0.3) is 11.6 Å². The topological polar surface area (TPSA) is 114 Å². The summed E-state index contributed by atoms with van der Waals surface area (Å²) >= 11 is 0. The smallest absolute Gasteiger partial charge is 0.271 e. The maximum absolute atomic E-state index is 12.6. The standard InChI is InChI=1S/C17H13N3O5/c1-25-15-7-6-10(20(23)24)8-14(15)19-17(22)12-9-16(21)18-13-5-3-2-4-11(12)13/h2-9H,1H3,(H,18,21)(H,19,22). The first-order valence-electron chi connectivity index (χ1n) is 7.25. The quantitative estimate of drug-likeness (QED) is 0.560. The second-order valence-corrected chi connectivity index (χ2v) is 5.19. The molecule has 0 aliphatic heterocycles. The molecule has 0 unspecified atom stereocenters. The molecule has 1 aromatic heterocycles. The summed E-state index contributed by atoms with van der Waals surface area (Å²) in [6, 6.07) is 11.9. The number of nitro benzene ring substituents is 1. The Kier molecular flexibility index (Phi) is 4.17. The average Bonchev–Trinajstić information content (AvgIpc) is 2.60. The number of aromatic nitrogens is 1. The highest BCUT2D eigenvalue weighted by Gasteiger charge is 2.17. The first kappa shape index (κ1) is 16.2. The van der Waals surface area contributed by atoms with Crippen LogP contribution in [0.3, 0.4) is 0 Å². The van der Waals surface area contributed by atoms with Gasteiger partial charge in [-0.3, -0.25) is 19.7 Å². The van der Waals surface area contributed by atoms with Gasteiger partial charge in [-0.1, -0.05) is 18.2 Å². The highest BCUT2D eigenvalue weighted by molar-refractivity contribution is 6.12. The molecule has 1 amide bonds. The maximum atomic E-state index is 12.6. The molecule has 0 fully saturated rings. The van der Waals surface area contributed by atoms with Gasteiger partial charge in [0, 0.05) is 29.1 Å². The number of nitrogens with zero attached hydrogens (tertiary/aromatic N) is 1. The molecular weight excluding hydrogens is 326 g/mol. The molecule has 25 heavy (non-hydrogen) atoms. The number of fused-ring (bicyclic) bond motifs is 1. The molecule has 8 nitrogen and oxygen atoms in total. The van der Waals surface area contributed by atoms with Crippen LogP contribution in [0.25, 0.3) is 10.9 Å². The number of nitro groups is 1. The zero-order valence-corrected chi connectivity index (χ0v) is 13.1. The Balaban J connectivity index is 2.05. The van der Waals surface area contributed by atoms with E-state index in [1.807, 2.05) is 0 Å². The van der Waals surface area contributed by atoms with Crippen LogP contribution < -0.4 is 15.6 Å². The Morgan fingerprint density at radius 3 is 2.68 bits per heavy atom. The molecule has 126 valence electrons. The van der Waals surface area contributed by atoms with Crippen molar-refractivity contribution in [2.75, 3.05) is 12.4 Å². The van der Waals surface area contributed by atoms with Crippen molar-refractivity contribution in [2.24, 2.45) is 0 Å². The summed E-state index contributed by atoms with van der Waals surface area (Å²) in [4.78, 5) is 37.4. The molecule has 0 spiro atoms. The molecule has 2 aromatic carbocycles. The number of H-pyrrole nitrogens is 1. The minimum Gasteiger partial charge on any atom is -0.495 e. The molecule has 0 saturated carbocycles. The lowest BCUT2D eigenvalue weighted by atomic mass is 10.1. The van der Waals surface area contributed by atoms with Gasteiger partial charge in [0.1, 0.15) is 5.75 Å². The number of hydrogen-bond donors (Lipinski definition) is 2. The van der Waals surface area contributed by atoms with E-state index in [4.69, 9.17) is 4.74 Å². The second kappa shape index (κ2) is 6.44. The van der Waals surface area contributed by atoms with Gasteiger partial charge >= 0.3 is 0 Å². The highest BCUT2D eigenvalue weighted by Crippen LogP contribution is 2.29. The van der Waals surface area contributed by atoms with Crippen LogP contribution in [0.1, 0.15) is 10.4 Å². The number of carbonyl (C=O) groups excluding carboxylic acids is 1. The van der Waals surface area contributed by atoms with Crippen molar-refractivity contribution in [3.8, 4) is 5.75 Å². The summed E-state index contributed by atoms with van der Waals surface area (Å²) in [5, 5.41) is 14.1. The van der Waals surface area contributed by atoms with Gasteiger partial charge in [-0.15, -0.1) is 0 Å². The van der Waals surface area contributed by atoms with Crippen molar-refractivity contribution in [1.29, 1.82) is 0 Å². The Morgan fingerprint density at radius 1 is 1.20 bits per heavy atom. The SMILES string of the molecule is COc1ccc([N+](=O)[O-])cc1NC(=O)c1cc(=O)[nH]c2ccccc12. The van der Waals surface area contributed by atoms with E-state index in [9.17, 15) is 19.7 Å². The number of methoxy groups -OCH3 is 1. The van der Waals surface area contributed by atoms with Crippen molar-refractivity contribution in [1.82, 2.24) is 4.98 Å². The third-order valence-electron chi connectivity index (χ3n) is 3.64. The van der Waals surface area contributed by atoms with Crippen molar-refractivity contribution < 1.29 is 14.5 Å². The van der Waals surface area contributed by atoms with Crippen LogP contribution in [0.15, 0.2) is 53.3 Å². The lowest BCUT2D eigenvalue weighted by Gasteiger charge is -2.11. The van der Waals surface area contributed by atoms with E-state index in [1.54, 1.807) is 24.3 Å². The molecule has 0 bridgehead atoms. The molecule has 3 rings (SSSR count). The van der Waals surface area contributed by atoms with E-state index >= 15 is 0 Å². The molecule has 0 aliphatic carbocycles. The van der Waals surface area contributed by atoms with Gasteiger partial charge in [0.15, 0.2) is 0 Å². The fraction of sp³-hybridized carbons (Fsp3) is 0.0588. The fourth-order valence-corrected chi connectivity index (χ4v) is 2.49. The van der Waals surface area contributed by atoms with E-state index in [-0.39, 0.29) is 22.7 Å². The third-order valence-corrected chi connectivity index (χ3v) is 3.64. The summed E-state index contributed by atoms with van der Waals surface area (Å²) in [6.07, 6.45) is 0. The number of pyridine rings is 1. The normalized spacial score (nSPS) is 10.4. The first-order chi connectivity index (χ1) is 12.0. The number of ether oxygens (including phenoxy) is 1. The number of amides is 1. The number of aromatic amines is 1. The third kappa shape index (κ3) is 3.18. The summed E-state index contributed by atoms with van der Waals surface area (Å²) in [5.41, 5.74) is 0.215. The molecule has 0 radical (unpaired) electrons. The molecule has 1 heterocycles. The number of para-hydroxylation sites is 1. The summed E-state index contributed by atoms with van der Waals surface area (Å²) in [6.45, 7) is 0. The number of hydrogen-bond acceptors (Lipinski definition) is 5. The fourth-order valence-electron chi connectivity index (χ4n) is 2.49. The van der Waals surface area contributed by atoms with E-state index in [2.05, 4.69) is 10.3 Å². The largest absolute Gasteiger partial charge is 0.495 e. The van der Waals surface area contributed by atoms with Crippen molar-refractivity contribution in [2.45, 2.75) is 0 Å². The molecule has 8 heteroatoms. The predicted octanol–water partition coefficient (Wildman–Crippen LogP) is 2.70. The first-order valence-corrected chi connectivity index (χ1v) is 7.25. The number of carbonyl (C=O) groups is 1. The van der Waals surface area contributed by atoms with Crippen LogP contribution >= 0.6 is 0 Å². The number of nitrogens with one attached hydrogen (secondary N) is 2. The number of rotatable bonds is 4. The number of non-ortho nitro benzene ring substituents is 1. The molecule has 0 saturated heterocycles. The maximum Gasteiger partial charge on any atom is 0.271 e. The summed E-state index contributed by atoms with van der Waals surface area (Å²) < 4.78 is 5.12. The lowest BCUT2D eigenvalue weighted by Crippen LogP contribution is -2.17. The van der Waals surface area contributed by atoms with Gasteiger partial charge in [0.05, 0.1) is 23.3 Å². The van der Waals surface area contributed by atoms with Crippen LogP contribution in [0, 0.1) is 10.1 Å². The Morgan fingerprint density at radius 2 is 1.96 bits per heavy atom. The van der Waals surface area contributed by atoms with Gasteiger partial charge in [0.2, 0.25) is 5.56 Å². The number of benzene rings is 2. The van der Waals surface area contributed by atoms with Crippen LogP contribution in [0.2, 0.25) is 0 Å². The van der Waals surface area contributed by atoms with Crippen molar-refractivity contribution >= 4 is 28.2 Å². The summed E-state index contributed by atoms with van der Waals surface area (Å²) in [7, 11) is 1.39. The highest BCUT2D eigenvalue weighted by atomic mass is 16.6. The van der Waals surface area contributed by atoms with Gasteiger partial charge in [-0.2, -0.15) is 0 Å². The minimum absolute atomic E-state index is 0.145. The van der Waals surface area contributed by atoms with Crippen LogP contribution in [0.5, 0.6) is 5.75 Å². The number of anilines is 1. The van der Waals surface area contributed by atoms with Crippen molar-refractivity contribution in [3.63, 3.8) is 0 Å². The average molecular weight is 339 g/mol. The molecular formula is C17H13N3O5. The Bertz CT molecular complexity index is 1040. The predicted molar refractivity (Wildman–Crippen MR) is 92.2 cm³/mol. The zero-order chi connectivity index (χ0) is 18.0. The van der Waals surface area contributed by atoms with Crippen molar-refractivity contribution in [3.05, 3.63) is 74.6 Å². The Labute approximate surface area is 141 Å². The van der Waals surface area contributed by atoms with Gasteiger partial charge in [-0.25, -0.2) is 0 Å². The van der Waals surface area contributed by atoms with E-state index in [1.165, 1.54) is 31.4 Å². The van der Waals surface area contributed by atoms with Gasteiger partial charge < -0.3 is 15.0 Å². The van der Waals surface area contributed by atoms with E-state index in [0.29, 0.717) is 10.9 Å². The lowest BCUT2D eigenvalue weighted by molar-refractivity contribution is -0.384. The van der Waals surface area contributed by atoms with Crippen LogP contribution in [-0.4, -0.2) is 22.9 Å². The summed E-state index contributed by atoms with van der Waals surface area (Å²) in [5.74, 6) is -0.297. The monoisotopic (exact) mass is 339 g/mol. The molecule has 2 N–H and O–H groups in total. The van der Waals surface area contributed by atoms with E-state index < -0.39 is 16.4 Å². The van der Waals surface area contributed by atoms with Gasteiger partial charge in [-0.05, 0) is 12.1 Å². The molecule has 0 aliphatic rings. The van der Waals surface area contributed by atoms with Crippen LogP contribution in [0.4, 0.5) is 11.4 Å². The Hall–Kier alpha value is -3.68. The molecule has 3 aromatic rings. The molecule has 0 atom stereocenters.